The maximum Gasteiger partial charge on any atom is 0.264 e. The van der Waals surface area contributed by atoms with E-state index in [4.69, 9.17) is 5.26 Å². The van der Waals surface area contributed by atoms with Crippen LogP contribution in [0.4, 0.5) is 10.1 Å². The second-order valence-corrected chi connectivity index (χ2v) is 5.65. The minimum absolute atomic E-state index is 0.139. The van der Waals surface area contributed by atoms with Crippen molar-refractivity contribution in [2.75, 3.05) is 4.72 Å². The van der Waals surface area contributed by atoms with Crippen LogP contribution in [0.5, 0.6) is 0 Å². The Morgan fingerprint density at radius 1 is 1.30 bits per heavy atom. The summed E-state index contributed by atoms with van der Waals surface area (Å²) in [6.45, 7) is 1.58. The molecule has 0 unspecified atom stereocenters. The Morgan fingerprint density at radius 3 is 2.70 bits per heavy atom. The molecule has 0 bridgehead atoms. The van der Waals surface area contributed by atoms with Crippen molar-refractivity contribution in [3.05, 3.63) is 53.6 Å². The van der Waals surface area contributed by atoms with E-state index in [2.05, 4.69) is 9.71 Å². The molecule has 20 heavy (non-hydrogen) atoms. The van der Waals surface area contributed by atoms with Crippen LogP contribution in [0.2, 0.25) is 0 Å². The second-order valence-electron chi connectivity index (χ2n) is 4.00. The number of aryl methyl sites for hydroxylation is 1. The van der Waals surface area contributed by atoms with E-state index in [0.29, 0.717) is 5.56 Å². The van der Waals surface area contributed by atoms with Crippen molar-refractivity contribution < 1.29 is 12.8 Å². The van der Waals surface area contributed by atoms with Crippen LogP contribution >= 0.6 is 0 Å². The quantitative estimate of drug-likeness (QED) is 0.939. The Morgan fingerprint density at radius 2 is 2.05 bits per heavy atom. The third-order valence-electron chi connectivity index (χ3n) is 2.62. The fraction of sp³-hybridized carbons (Fsp3) is 0.0769. The lowest BCUT2D eigenvalue weighted by Crippen LogP contribution is -2.16. The molecule has 0 saturated heterocycles. The molecular formula is C13H10FN3O2S. The van der Waals surface area contributed by atoms with Crippen LogP contribution in [0, 0.1) is 24.1 Å². The van der Waals surface area contributed by atoms with Gasteiger partial charge in [0.15, 0.2) is 5.69 Å². The van der Waals surface area contributed by atoms with Crippen LogP contribution in [-0.2, 0) is 10.0 Å². The van der Waals surface area contributed by atoms with Crippen molar-refractivity contribution in [3.8, 4) is 6.07 Å². The molecule has 1 aromatic carbocycles. The first-order chi connectivity index (χ1) is 9.45. The summed E-state index contributed by atoms with van der Waals surface area (Å²) in [6, 6.07) is 8.54. The Hall–Kier alpha value is -2.46. The fourth-order valence-corrected chi connectivity index (χ4v) is 2.89. The summed E-state index contributed by atoms with van der Waals surface area (Å²) in [7, 11) is -4.08. The third kappa shape index (κ3) is 2.60. The lowest BCUT2D eigenvalue weighted by molar-refractivity contribution is 0.597. The van der Waals surface area contributed by atoms with E-state index < -0.39 is 15.8 Å². The number of para-hydroxylation sites is 1. The Balaban J connectivity index is 2.50. The number of sulfonamides is 1. The summed E-state index contributed by atoms with van der Waals surface area (Å²) in [5.41, 5.74) is 0.0604. The lowest BCUT2D eigenvalue weighted by Gasteiger charge is -2.11. The van der Waals surface area contributed by atoms with Gasteiger partial charge in [0, 0.05) is 6.20 Å². The van der Waals surface area contributed by atoms with Crippen LogP contribution < -0.4 is 4.72 Å². The van der Waals surface area contributed by atoms with Crippen LogP contribution in [0.15, 0.2) is 41.4 Å². The number of hydrogen-bond acceptors (Lipinski definition) is 4. The number of pyridine rings is 1. The van der Waals surface area contributed by atoms with Gasteiger partial charge in [-0.15, -0.1) is 0 Å². The molecule has 0 aliphatic carbocycles. The van der Waals surface area contributed by atoms with Gasteiger partial charge >= 0.3 is 0 Å². The Bertz CT molecular complexity index is 777. The molecule has 2 aromatic rings. The zero-order valence-electron chi connectivity index (χ0n) is 10.5. The van der Waals surface area contributed by atoms with Crippen LogP contribution in [0.25, 0.3) is 0 Å². The van der Waals surface area contributed by atoms with Gasteiger partial charge in [0.2, 0.25) is 0 Å². The van der Waals surface area contributed by atoms with Crippen LogP contribution in [0.3, 0.4) is 0 Å². The molecule has 1 aromatic heterocycles. The Labute approximate surface area is 115 Å². The highest BCUT2D eigenvalue weighted by Crippen LogP contribution is 2.23. The standard InChI is InChI=1S/C13H10FN3O2S/c1-9-4-2-5-10(14)13(9)17-20(18,19)12-6-3-7-16-11(12)8-15/h2-7,17H,1H3. The van der Waals surface area contributed by atoms with E-state index in [0.717, 1.165) is 6.07 Å². The average Bonchev–Trinajstić information content (AvgIpc) is 2.43. The van der Waals surface area contributed by atoms with Gasteiger partial charge < -0.3 is 0 Å². The summed E-state index contributed by atoms with van der Waals surface area (Å²) in [6.07, 6.45) is 1.31. The molecule has 0 amide bonds. The molecule has 0 radical (unpaired) electrons. The highest BCUT2D eigenvalue weighted by atomic mass is 32.2. The van der Waals surface area contributed by atoms with Gasteiger partial charge in [-0.3, -0.25) is 4.72 Å². The summed E-state index contributed by atoms with van der Waals surface area (Å²) >= 11 is 0. The summed E-state index contributed by atoms with van der Waals surface area (Å²) in [5.74, 6) is -0.684. The van der Waals surface area contributed by atoms with E-state index in [1.165, 1.54) is 24.4 Å². The Kier molecular flexibility index (Phi) is 3.68. The summed E-state index contributed by atoms with van der Waals surface area (Å²) < 4.78 is 40.3. The molecule has 0 aliphatic heterocycles. The van der Waals surface area contributed by atoms with E-state index in [-0.39, 0.29) is 16.3 Å². The molecule has 0 saturated carbocycles. The van der Waals surface area contributed by atoms with Crippen molar-refractivity contribution in [1.82, 2.24) is 4.98 Å². The smallest absolute Gasteiger partial charge is 0.264 e. The predicted molar refractivity (Wildman–Crippen MR) is 70.9 cm³/mol. The van der Waals surface area contributed by atoms with Crippen molar-refractivity contribution in [2.24, 2.45) is 0 Å². The van der Waals surface area contributed by atoms with Gasteiger partial charge in [-0.25, -0.2) is 17.8 Å². The first-order valence-corrected chi connectivity index (χ1v) is 7.07. The number of hydrogen-bond donors (Lipinski definition) is 1. The van der Waals surface area contributed by atoms with Gasteiger partial charge in [0.25, 0.3) is 10.0 Å². The molecule has 1 N–H and O–H groups in total. The number of aromatic nitrogens is 1. The zero-order chi connectivity index (χ0) is 14.8. The van der Waals surface area contributed by atoms with E-state index in [1.807, 2.05) is 0 Å². The van der Waals surface area contributed by atoms with Crippen molar-refractivity contribution in [1.29, 1.82) is 5.26 Å². The molecule has 0 atom stereocenters. The molecule has 102 valence electrons. The fourth-order valence-electron chi connectivity index (χ4n) is 1.64. The maximum atomic E-state index is 13.7. The van der Waals surface area contributed by atoms with Crippen molar-refractivity contribution in [2.45, 2.75) is 11.8 Å². The topological polar surface area (TPSA) is 82.8 Å². The predicted octanol–water partition coefficient (Wildman–Crippen LogP) is 2.20. The highest BCUT2D eigenvalue weighted by Gasteiger charge is 2.21. The van der Waals surface area contributed by atoms with E-state index in [9.17, 15) is 12.8 Å². The van der Waals surface area contributed by atoms with Crippen LogP contribution in [0.1, 0.15) is 11.3 Å². The van der Waals surface area contributed by atoms with Crippen LogP contribution in [-0.4, -0.2) is 13.4 Å². The SMILES string of the molecule is Cc1cccc(F)c1NS(=O)(=O)c1cccnc1C#N. The first kappa shape index (κ1) is 14.0. The number of anilines is 1. The largest absolute Gasteiger partial charge is 0.276 e. The number of nitrogens with one attached hydrogen (secondary N) is 1. The third-order valence-corrected chi connectivity index (χ3v) is 4.01. The lowest BCUT2D eigenvalue weighted by atomic mass is 10.2. The van der Waals surface area contributed by atoms with Gasteiger partial charge in [0.05, 0.1) is 5.69 Å². The molecule has 0 spiro atoms. The molecule has 5 nitrogen and oxygen atoms in total. The van der Waals surface area contributed by atoms with Gasteiger partial charge in [-0.1, -0.05) is 12.1 Å². The van der Waals surface area contributed by atoms with Gasteiger partial charge in [0.1, 0.15) is 16.8 Å². The summed E-state index contributed by atoms with van der Waals surface area (Å²) in [4.78, 5) is 3.39. The molecule has 7 heteroatoms. The maximum absolute atomic E-state index is 13.7. The van der Waals surface area contributed by atoms with Gasteiger partial charge in [-0.2, -0.15) is 5.26 Å². The van der Waals surface area contributed by atoms with Crippen molar-refractivity contribution in [3.63, 3.8) is 0 Å². The molecule has 0 aliphatic rings. The summed E-state index contributed by atoms with van der Waals surface area (Å²) in [5, 5.41) is 8.88. The number of nitrogens with zero attached hydrogens (tertiary/aromatic N) is 2. The minimum Gasteiger partial charge on any atom is -0.276 e. The molecular weight excluding hydrogens is 281 g/mol. The monoisotopic (exact) mass is 291 g/mol. The number of rotatable bonds is 3. The second kappa shape index (κ2) is 5.27. The molecule has 1 heterocycles. The average molecular weight is 291 g/mol. The van der Waals surface area contributed by atoms with E-state index >= 15 is 0 Å². The van der Waals surface area contributed by atoms with Gasteiger partial charge in [-0.05, 0) is 30.7 Å². The molecule has 0 fully saturated rings. The minimum atomic E-state index is -4.08. The number of nitriles is 1. The normalized spacial score (nSPS) is 10.8. The highest BCUT2D eigenvalue weighted by molar-refractivity contribution is 7.92. The zero-order valence-corrected chi connectivity index (χ0v) is 11.3. The first-order valence-electron chi connectivity index (χ1n) is 5.59. The van der Waals surface area contributed by atoms with Crippen molar-refractivity contribution >= 4 is 15.7 Å². The number of benzene rings is 1. The molecule has 2 rings (SSSR count). The van der Waals surface area contributed by atoms with E-state index in [1.54, 1.807) is 19.1 Å². The number of halogens is 1.